The van der Waals surface area contributed by atoms with E-state index in [-0.39, 0.29) is 11.9 Å². The first-order valence-electron chi connectivity index (χ1n) is 7.05. The number of rotatable bonds is 6. The number of phenols is 1. The third-order valence-corrected chi connectivity index (χ3v) is 3.52. The number of ether oxygens (including phenoxy) is 2. The predicted octanol–water partition coefficient (Wildman–Crippen LogP) is 2.94. The monoisotopic (exact) mass is 290 g/mol. The van der Waals surface area contributed by atoms with Crippen molar-refractivity contribution in [3.05, 3.63) is 24.0 Å². The molecule has 21 heavy (non-hydrogen) atoms. The minimum atomic E-state index is -0.0912. The fraction of sp³-hybridized carbons (Fsp3) is 0.467. The molecule has 1 aliphatic rings. The number of aromatic nitrogens is 2. The molecule has 112 valence electrons. The summed E-state index contributed by atoms with van der Waals surface area (Å²) in [5, 5.41) is 13.7. The van der Waals surface area contributed by atoms with Crippen molar-refractivity contribution in [3.8, 4) is 23.0 Å². The lowest BCUT2D eigenvalue weighted by molar-refractivity contribution is 0.0385. The van der Waals surface area contributed by atoms with Crippen molar-refractivity contribution >= 4 is 0 Å². The van der Waals surface area contributed by atoms with E-state index in [1.165, 1.54) is 7.11 Å². The van der Waals surface area contributed by atoms with Crippen molar-refractivity contribution in [2.75, 3.05) is 13.7 Å². The minimum Gasteiger partial charge on any atom is -0.504 e. The Morgan fingerprint density at radius 2 is 2.24 bits per heavy atom. The summed E-state index contributed by atoms with van der Waals surface area (Å²) in [7, 11) is 1.50. The van der Waals surface area contributed by atoms with Crippen LogP contribution in [0.3, 0.4) is 0 Å². The Bertz CT molecular complexity index is 622. The van der Waals surface area contributed by atoms with Gasteiger partial charge in [-0.2, -0.15) is 4.98 Å². The van der Waals surface area contributed by atoms with E-state index in [0.717, 1.165) is 12.8 Å². The number of hydrogen-bond acceptors (Lipinski definition) is 6. The summed E-state index contributed by atoms with van der Waals surface area (Å²) in [5.74, 6) is 1.92. The molecule has 1 saturated carbocycles. The Kier molecular flexibility index (Phi) is 3.79. The molecule has 0 bridgehead atoms. The average molecular weight is 290 g/mol. The van der Waals surface area contributed by atoms with Crippen molar-refractivity contribution in [2.45, 2.75) is 25.9 Å². The number of benzene rings is 1. The number of methoxy groups -OCH3 is 1. The van der Waals surface area contributed by atoms with Crippen molar-refractivity contribution in [2.24, 2.45) is 5.92 Å². The van der Waals surface area contributed by atoms with Gasteiger partial charge in [-0.1, -0.05) is 5.16 Å². The molecule has 0 spiro atoms. The van der Waals surface area contributed by atoms with E-state index >= 15 is 0 Å². The van der Waals surface area contributed by atoms with Gasteiger partial charge in [0.25, 0.3) is 5.89 Å². The van der Waals surface area contributed by atoms with Crippen LogP contribution < -0.4 is 4.74 Å². The Hall–Kier alpha value is -2.08. The Balaban J connectivity index is 1.87. The highest BCUT2D eigenvalue weighted by Crippen LogP contribution is 2.42. The summed E-state index contributed by atoms with van der Waals surface area (Å²) in [6.07, 6.45) is 2.19. The first-order chi connectivity index (χ1) is 10.2. The summed E-state index contributed by atoms with van der Waals surface area (Å²) >= 11 is 0. The number of aromatic hydroxyl groups is 1. The smallest absolute Gasteiger partial charge is 0.258 e. The van der Waals surface area contributed by atoms with Gasteiger partial charge in [-0.25, -0.2) is 0 Å². The molecule has 0 saturated heterocycles. The summed E-state index contributed by atoms with van der Waals surface area (Å²) in [6, 6.07) is 4.92. The summed E-state index contributed by atoms with van der Waals surface area (Å²) in [4.78, 5) is 4.43. The first-order valence-corrected chi connectivity index (χ1v) is 7.05. The van der Waals surface area contributed by atoms with E-state index in [4.69, 9.17) is 14.0 Å². The van der Waals surface area contributed by atoms with Crippen LogP contribution in [-0.4, -0.2) is 29.0 Å². The molecular formula is C15H18N2O4. The lowest BCUT2D eigenvalue weighted by Crippen LogP contribution is -2.08. The lowest BCUT2D eigenvalue weighted by atomic mass is 10.2. The highest BCUT2D eigenvalue weighted by Gasteiger charge is 2.36. The van der Waals surface area contributed by atoms with Crippen LogP contribution in [0, 0.1) is 5.92 Å². The highest BCUT2D eigenvalue weighted by molar-refractivity contribution is 5.59. The second-order valence-electron chi connectivity index (χ2n) is 5.06. The second-order valence-corrected chi connectivity index (χ2v) is 5.06. The van der Waals surface area contributed by atoms with E-state index in [0.29, 0.717) is 35.6 Å². The van der Waals surface area contributed by atoms with Crippen molar-refractivity contribution in [1.82, 2.24) is 10.1 Å². The normalized spacial score (nSPS) is 15.9. The van der Waals surface area contributed by atoms with Crippen LogP contribution >= 0.6 is 0 Å². The van der Waals surface area contributed by atoms with E-state index in [1.54, 1.807) is 18.2 Å². The first kappa shape index (κ1) is 13.9. The molecule has 1 aromatic carbocycles. The summed E-state index contributed by atoms with van der Waals surface area (Å²) in [5.41, 5.74) is 0.703. The molecule has 2 aromatic rings. The molecule has 1 heterocycles. The van der Waals surface area contributed by atoms with E-state index < -0.39 is 0 Å². The summed E-state index contributed by atoms with van der Waals surface area (Å²) < 4.78 is 16.1. The third kappa shape index (κ3) is 2.85. The molecule has 1 N–H and O–H groups in total. The molecule has 1 unspecified atom stereocenters. The molecule has 0 radical (unpaired) electrons. The standard InChI is InChI=1S/C15H18N2O4/c1-3-20-13(9-4-5-9)14-16-15(21-17-14)10-6-7-11(18)12(8-10)19-2/h6-9,13,18H,3-5H2,1-2H3. The molecular weight excluding hydrogens is 272 g/mol. The fourth-order valence-corrected chi connectivity index (χ4v) is 2.28. The lowest BCUT2D eigenvalue weighted by Gasteiger charge is -2.11. The van der Waals surface area contributed by atoms with Crippen LogP contribution in [0.1, 0.15) is 31.7 Å². The Morgan fingerprint density at radius 1 is 1.43 bits per heavy atom. The largest absolute Gasteiger partial charge is 0.504 e. The zero-order chi connectivity index (χ0) is 14.8. The van der Waals surface area contributed by atoms with Gasteiger partial charge in [-0.3, -0.25) is 0 Å². The molecule has 1 fully saturated rings. The van der Waals surface area contributed by atoms with Crippen LogP contribution in [-0.2, 0) is 4.74 Å². The third-order valence-electron chi connectivity index (χ3n) is 3.52. The molecule has 0 amide bonds. The van der Waals surface area contributed by atoms with E-state index in [2.05, 4.69) is 10.1 Å². The molecule has 1 aliphatic carbocycles. The van der Waals surface area contributed by atoms with Gasteiger partial charge in [0.2, 0.25) is 5.82 Å². The van der Waals surface area contributed by atoms with Crippen LogP contribution in [0.2, 0.25) is 0 Å². The zero-order valence-electron chi connectivity index (χ0n) is 12.1. The number of hydrogen-bond donors (Lipinski definition) is 1. The van der Waals surface area contributed by atoms with E-state index in [9.17, 15) is 5.11 Å². The van der Waals surface area contributed by atoms with Crippen LogP contribution in [0.25, 0.3) is 11.5 Å². The summed E-state index contributed by atoms with van der Waals surface area (Å²) in [6.45, 7) is 2.58. The molecule has 6 nitrogen and oxygen atoms in total. The molecule has 6 heteroatoms. The van der Waals surface area contributed by atoms with Gasteiger partial charge in [0, 0.05) is 12.2 Å². The fourth-order valence-electron chi connectivity index (χ4n) is 2.28. The van der Waals surface area contributed by atoms with Crippen LogP contribution in [0.4, 0.5) is 0 Å². The van der Waals surface area contributed by atoms with Gasteiger partial charge in [0.1, 0.15) is 6.10 Å². The topological polar surface area (TPSA) is 77.6 Å². The van der Waals surface area contributed by atoms with Crippen LogP contribution in [0.15, 0.2) is 22.7 Å². The average Bonchev–Trinajstić information content (AvgIpc) is 3.22. The molecule has 1 aromatic heterocycles. The highest BCUT2D eigenvalue weighted by atomic mass is 16.5. The van der Waals surface area contributed by atoms with E-state index in [1.807, 2.05) is 6.92 Å². The molecule has 1 atom stereocenters. The molecule has 3 rings (SSSR count). The van der Waals surface area contributed by atoms with Crippen molar-refractivity contribution in [1.29, 1.82) is 0 Å². The SMILES string of the molecule is CCOC(c1noc(-c2ccc(O)c(OC)c2)n1)C1CC1. The second kappa shape index (κ2) is 5.73. The maximum atomic E-state index is 9.61. The Morgan fingerprint density at radius 3 is 2.90 bits per heavy atom. The maximum Gasteiger partial charge on any atom is 0.258 e. The van der Waals surface area contributed by atoms with Gasteiger partial charge in [-0.05, 0) is 43.9 Å². The zero-order valence-corrected chi connectivity index (χ0v) is 12.1. The van der Waals surface area contributed by atoms with Gasteiger partial charge in [0.05, 0.1) is 7.11 Å². The van der Waals surface area contributed by atoms with Gasteiger partial charge < -0.3 is 19.1 Å². The number of phenolic OH excluding ortho intramolecular Hbond substituents is 1. The predicted molar refractivity (Wildman–Crippen MR) is 75.0 cm³/mol. The van der Waals surface area contributed by atoms with Gasteiger partial charge in [-0.15, -0.1) is 0 Å². The van der Waals surface area contributed by atoms with Gasteiger partial charge in [0.15, 0.2) is 11.5 Å². The Labute approximate surface area is 122 Å². The van der Waals surface area contributed by atoms with Crippen molar-refractivity contribution in [3.63, 3.8) is 0 Å². The molecule has 0 aliphatic heterocycles. The maximum absolute atomic E-state index is 9.61. The van der Waals surface area contributed by atoms with Gasteiger partial charge >= 0.3 is 0 Å². The minimum absolute atomic E-state index is 0.0752. The van der Waals surface area contributed by atoms with Crippen LogP contribution in [0.5, 0.6) is 11.5 Å². The number of nitrogens with zero attached hydrogens (tertiary/aromatic N) is 2. The quantitative estimate of drug-likeness (QED) is 0.881. The van der Waals surface area contributed by atoms with Crippen molar-refractivity contribution < 1.29 is 19.1 Å².